The normalized spacial score (nSPS) is 11.0. The molecule has 4 rings (SSSR count). The van der Waals surface area contributed by atoms with Gasteiger partial charge in [-0.2, -0.15) is 5.26 Å². The zero-order chi connectivity index (χ0) is 21.6. The predicted octanol–water partition coefficient (Wildman–Crippen LogP) is 4.43. The number of aromatic nitrogens is 4. The average molecular weight is 431 g/mol. The summed E-state index contributed by atoms with van der Waals surface area (Å²) in [6.45, 7) is 3.31. The van der Waals surface area contributed by atoms with Crippen molar-refractivity contribution in [3.05, 3.63) is 54.6 Å². The van der Waals surface area contributed by atoms with Crippen molar-refractivity contribution >= 4 is 45.4 Å². The Bertz CT molecular complexity index is 1250. The van der Waals surface area contributed by atoms with Gasteiger partial charge in [-0.05, 0) is 24.6 Å². The van der Waals surface area contributed by atoms with Crippen molar-refractivity contribution < 1.29 is 4.79 Å². The topological polar surface area (TPSA) is 87.7 Å². The molecule has 1 amide bonds. The summed E-state index contributed by atoms with van der Waals surface area (Å²) < 4.78 is 2.16. The summed E-state index contributed by atoms with van der Waals surface area (Å²) in [5.41, 5.74) is 3.43. The van der Waals surface area contributed by atoms with E-state index in [2.05, 4.69) is 33.8 Å². The van der Waals surface area contributed by atoms with Gasteiger partial charge in [0, 0.05) is 24.2 Å². The maximum absolute atomic E-state index is 12.9. The number of anilines is 1. The van der Waals surface area contributed by atoms with Gasteiger partial charge >= 0.3 is 0 Å². The fraction of sp³-hybridized carbons (Fsp3) is 0.261. The lowest BCUT2D eigenvalue weighted by Gasteiger charge is -2.21. The number of para-hydroxylation sites is 2. The third kappa shape index (κ3) is 4.37. The Morgan fingerprint density at radius 1 is 1.13 bits per heavy atom. The Hall–Kier alpha value is -3.44. The number of benzene rings is 2. The molecule has 0 radical (unpaired) electrons. The van der Waals surface area contributed by atoms with E-state index in [1.165, 1.54) is 11.8 Å². The molecule has 0 aliphatic rings. The summed E-state index contributed by atoms with van der Waals surface area (Å²) >= 11 is 1.26. The predicted molar refractivity (Wildman–Crippen MR) is 123 cm³/mol. The van der Waals surface area contributed by atoms with Crippen LogP contribution in [-0.2, 0) is 11.3 Å². The van der Waals surface area contributed by atoms with Crippen LogP contribution in [0.3, 0.4) is 0 Å². The number of hydrogen-bond acceptors (Lipinski definition) is 6. The molecule has 2 aromatic heterocycles. The molecule has 0 bridgehead atoms. The van der Waals surface area contributed by atoms with E-state index >= 15 is 0 Å². The second-order valence-electron chi connectivity index (χ2n) is 7.01. The monoisotopic (exact) mass is 430 g/mol. The lowest BCUT2D eigenvalue weighted by molar-refractivity contribution is -0.116. The molecule has 0 aliphatic carbocycles. The summed E-state index contributed by atoms with van der Waals surface area (Å²) in [4.78, 5) is 19.3. The number of carbonyl (C=O) groups is 1. The number of rotatable bonds is 8. The fourth-order valence-corrected chi connectivity index (χ4v) is 4.23. The summed E-state index contributed by atoms with van der Waals surface area (Å²) in [6, 6.07) is 19.6. The van der Waals surface area contributed by atoms with Gasteiger partial charge in [-0.1, -0.05) is 55.1 Å². The Kier molecular flexibility index (Phi) is 6.43. The number of amides is 1. The molecule has 0 N–H and O–H groups in total. The van der Waals surface area contributed by atoms with E-state index < -0.39 is 0 Å². The minimum absolute atomic E-state index is 0.0933. The minimum Gasteiger partial charge on any atom is -0.324 e. The van der Waals surface area contributed by atoms with Crippen molar-refractivity contribution in [2.45, 2.75) is 31.5 Å². The number of fused-ring (bicyclic) bond motifs is 3. The molecule has 8 heteroatoms. The molecule has 0 unspecified atom stereocenters. The Balaban J connectivity index is 1.58. The molecule has 0 aliphatic heterocycles. The zero-order valence-electron chi connectivity index (χ0n) is 17.2. The molecule has 2 aromatic carbocycles. The number of aryl methyl sites for hydroxylation is 1. The Morgan fingerprint density at radius 2 is 1.90 bits per heavy atom. The molecule has 0 fully saturated rings. The summed E-state index contributed by atoms with van der Waals surface area (Å²) in [6.07, 6.45) is 1.25. The first-order valence-electron chi connectivity index (χ1n) is 10.2. The van der Waals surface area contributed by atoms with Gasteiger partial charge in [0.15, 0.2) is 5.65 Å². The fourth-order valence-electron chi connectivity index (χ4n) is 3.57. The largest absolute Gasteiger partial charge is 0.324 e. The van der Waals surface area contributed by atoms with E-state index in [0.29, 0.717) is 11.7 Å². The zero-order valence-corrected chi connectivity index (χ0v) is 18.0. The van der Waals surface area contributed by atoms with Crippen LogP contribution in [0.4, 0.5) is 5.69 Å². The number of carbonyl (C=O) groups excluding carboxylic acids is 1. The van der Waals surface area contributed by atoms with E-state index in [-0.39, 0.29) is 18.1 Å². The van der Waals surface area contributed by atoms with Gasteiger partial charge in [0.05, 0.1) is 23.8 Å². The van der Waals surface area contributed by atoms with Crippen molar-refractivity contribution in [3.8, 4) is 6.07 Å². The molecular formula is C23H22N6OS. The van der Waals surface area contributed by atoms with Gasteiger partial charge in [-0.3, -0.25) is 4.79 Å². The molecule has 31 heavy (non-hydrogen) atoms. The number of thioether (sulfide) groups is 1. The molecule has 2 heterocycles. The maximum Gasteiger partial charge on any atom is 0.237 e. The smallest absolute Gasteiger partial charge is 0.237 e. The molecule has 4 aromatic rings. The summed E-state index contributed by atoms with van der Waals surface area (Å²) in [5.74, 6) is 0.0749. The van der Waals surface area contributed by atoms with Crippen LogP contribution in [0.25, 0.3) is 22.1 Å². The lowest BCUT2D eigenvalue weighted by atomic mass is 10.2. The molecular weight excluding hydrogens is 408 g/mol. The van der Waals surface area contributed by atoms with Gasteiger partial charge in [-0.25, -0.2) is 4.98 Å². The first kappa shape index (κ1) is 20.8. The third-order valence-electron chi connectivity index (χ3n) is 4.94. The van der Waals surface area contributed by atoms with Crippen LogP contribution in [0.1, 0.15) is 19.8 Å². The molecule has 7 nitrogen and oxygen atoms in total. The average Bonchev–Trinajstić information content (AvgIpc) is 3.12. The van der Waals surface area contributed by atoms with E-state index in [0.717, 1.165) is 40.7 Å². The number of hydrogen-bond donors (Lipinski definition) is 0. The highest BCUT2D eigenvalue weighted by Gasteiger charge is 2.18. The van der Waals surface area contributed by atoms with Gasteiger partial charge < -0.3 is 9.47 Å². The van der Waals surface area contributed by atoms with Crippen LogP contribution in [0.15, 0.2) is 59.8 Å². The summed E-state index contributed by atoms with van der Waals surface area (Å²) in [7, 11) is 0. The number of nitriles is 1. The van der Waals surface area contributed by atoms with E-state index in [1.54, 1.807) is 4.90 Å². The first-order valence-corrected chi connectivity index (χ1v) is 11.2. The van der Waals surface area contributed by atoms with Crippen LogP contribution < -0.4 is 4.90 Å². The van der Waals surface area contributed by atoms with Gasteiger partial charge in [-0.15, -0.1) is 10.2 Å². The lowest BCUT2D eigenvalue weighted by Crippen LogP contribution is -2.33. The second-order valence-corrected chi connectivity index (χ2v) is 7.96. The minimum atomic E-state index is -0.0933. The Labute approximate surface area is 184 Å². The van der Waals surface area contributed by atoms with Gasteiger partial charge in [0.25, 0.3) is 0 Å². The van der Waals surface area contributed by atoms with Crippen LogP contribution in [0.5, 0.6) is 0 Å². The molecule has 0 saturated heterocycles. The third-order valence-corrected chi connectivity index (χ3v) is 5.77. The SMILES string of the molecule is CCCn1c2ccccc2c2nnc(SCC(=O)N(CCC#N)c3ccccc3)nc21. The van der Waals surface area contributed by atoms with Crippen molar-refractivity contribution in [3.63, 3.8) is 0 Å². The van der Waals surface area contributed by atoms with Crippen LogP contribution >= 0.6 is 11.8 Å². The van der Waals surface area contributed by atoms with Crippen LogP contribution in [0, 0.1) is 11.3 Å². The van der Waals surface area contributed by atoms with Gasteiger partial charge in [0.2, 0.25) is 11.1 Å². The van der Waals surface area contributed by atoms with E-state index in [4.69, 9.17) is 10.2 Å². The summed E-state index contributed by atoms with van der Waals surface area (Å²) in [5, 5.41) is 19.1. The quantitative estimate of drug-likeness (QED) is 0.384. The van der Waals surface area contributed by atoms with Crippen molar-refractivity contribution in [2.75, 3.05) is 17.2 Å². The van der Waals surface area contributed by atoms with Crippen molar-refractivity contribution in [1.29, 1.82) is 5.26 Å². The highest BCUT2D eigenvalue weighted by atomic mass is 32.2. The van der Waals surface area contributed by atoms with Crippen LogP contribution in [-0.4, -0.2) is 38.0 Å². The van der Waals surface area contributed by atoms with Crippen LogP contribution in [0.2, 0.25) is 0 Å². The molecule has 156 valence electrons. The Morgan fingerprint density at radius 3 is 2.68 bits per heavy atom. The second kappa shape index (κ2) is 9.58. The molecule has 0 spiro atoms. The maximum atomic E-state index is 12.9. The number of nitrogens with zero attached hydrogens (tertiary/aromatic N) is 6. The van der Waals surface area contributed by atoms with E-state index in [1.807, 2.05) is 48.5 Å². The van der Waals surface area contributed by atoms with Gasteiger partial charge in [0.1, 0.15) is 5.52 Å². The molecule has 0 saturated carbocycles. The molecule has 0 atom stereocenters. The standard InChI is InChI=1S/C23H22N6OS/c1-2-14-29-19-12-7-6-11-18(19)21-22(29)25-23(27-26-21)31-16-20(30)28(15-8-13-24)17-9-4-3-5-10-17/h3-7,9-12H,2,8,14-16H2,1H3. The van der Waals surface area contributed by atoms with Crippen molar-refractivity contribution in [1.82, 2.24) is 19.7 Å². The first-order chi connectivity index (χ1) is 15.2. The highest BCUT2D eigenvalue weighted by Crippen LogP contribution is 2.27. The van der Waals surface area contributed by atoms with Crippen molar-refractivity contribution in [2.24, 2.45) is 0 Å². The highest BCUT2D eigenvalue weighted by molar-refractivity contribution is 7.99. The van der Waals surface area contributed by atoms with E-state index in [9.17, 15) is 4.79 Å².